The molecule has 6 heteroatoms. The van der Waals surface area contributed by atoms with Crippen LogP contribution in [0.1, 0.15) is 5.76 Å². The van der Waals surface area contributed by atoms with Crippen LogP contribution in [0.2, 0.25) is 0 Å². The molecule has 3 rings (SSSR count). The summed E-state index contributed by atoms with van der Waals surface area (Å²) in [5, 5.41) is 6.03. The second kappa shape index (κ2) is 6.04. The molecule has 0 unspecified atom stereocenters. The van der Waals surface area contributed by atoms with Gasteiger partial charge in [-0.3, -0.25) is 0 Å². The number of nitrogens with one attached hydrogen (secondary N) is 2. The van der Waals surface area contributed by atoms with Gasteiger partial charge in [0.15, 0.2) is 0 Å². The molecular weight excluding hydrogens is 271 g/mol. The molecule has 1 aromatic carbocycles. The maximum absolute atomic E-state index is 13.6. The van der Waals surface area contributed by atoms with Crippen LogP contribution in [-0.2, 0) is 6.54 Å². The van der Waals surface area contributed by atoms with Crippen LogP contribution < -0.4 is 10.6 Å². The first-order valence-electron chi connectivity index (χ1n) is 6.41. The highest BCUT2D eigenvalue weighted by Crippen LogP contribution is 2.19. The minimum atomic E-state index is -0.332. The van der Waals surface area contributed by atoms with Crippen molar-refractivity contribution in [2.24, 2.45) is 0 Å². The fourth-order valence-corrected chi connectivity index (χ4v) is 1.81. The van der Waals surface area contributed by atoms with E-state index >= 15 is 0 Å². The molecule has 0 atom stereocenters. The molecule has 21 heavy (non-hydrogen) atoms. The summed E-state index contributed by atoms with van der Waals surface area (Å²) in [6, 6.07) is 11.8. The van der Waals surface area contributed by atoms with Crippen molar-refractivity contribution in [3.05, 3.63) is 66.6 Å². The standard InChI is InChI=1S/C15H13FN4O/c16-12-5-1-2-6-13(12)20-15-8-14(18-10-19-15)17-9-11-4-3-7-21-11/h1-8,10H,9H2,(H2,17,18,19,20). The number of furan rings is 1. The number of benzene rings is 1. The summed E-state index contributed by atoms with van der Waals surface area (Å²) >= 11 is 0. The first-order valence-corrected chi connectivity index (χ1v) is 6.41. The van der Waals surface area contributed by atoms with E-state index in [4.69, 9.17) is 4.42 Å². The van der Waals surface area contributed by atoms with Gasteiger partial charge < -0.3 is 15.1 Å². The molecular formula is C15H13FN4O. The molecule has 0 aliphatic heterocycles. The number of nitrogens with zero attached hydrogens (tertiary/aromatic N) is 2. The van der Waals surface area contributed by atoms with E-state index < -0.39 is 0 Å². The summed E-state index contributed by atoms with van der Waals surface area (Å²) in [7, 11) is 0. The van der Waals surface area contributed by atoms with Crippen LogP contribution in [0.5, 0.6) is 0 Å². The maximum Gasteiger partial charge on any atom is 0.146 e. The molecule has 2 heterocycles. The highest BCUT2D eigenvalue weighted by molar-refractivity contribution is 5.59. The van der Waals surface area contributed by atoms with Gasteiger partial charge in [0.25, 0.3) is 0 Å². The number of hydrogen-bond acceptors (Lipinski definition) is 5. The smallest absolute Gasteiger partial charge is 0.146 e. The SMILES string of the molecule is Fc1ccccc1Nc1cc(NCc2ccco2)ncn1. The van der Waals surface area contributed by atoms with Crippen molar-refractivity contribution in [2.75, 3.05) is 10.6 Å². The lowest BCUT2D eigenvalue weighted by molar-refractivity contribution is 0.518. The van der Waals surface area contributed by atoms with E-state index in [0.717, 1.165) is 5.76 Å². The minimum absolute atomic E-state index is 0.332. The Morgan fingerprint density at radius 2 is 1.90 bits per heavy atom. The number of hydrogen-bond donors (Lipinski definition) is 2. The van der Waals surface area contributed by atoms with Gasteiger partial charge >= 0.3 is 0 Å². The molecule has 0 amide bonds. The second-order valence-corrected chi connectivity index (χ2v) is 4.33. The zero-order valence-electron chi connectivity index (χ0n) is 11.1. The summed E-state index contributed by atoms with van der Waals surface area (Å²) in [4.78, 5) is 8.17. The Morgan fingerprint density at radius 3 is 2.71 bits per heavy atom. The lowest BCUT2D eigenvalue weighted by atomic mass is 10.3. The Hall–Kier alpha value is -2.89. The van der Waals surface area contributed by atoms with Crippen LogP contribution in [0, 0.1) is 5.82 Å². The summed E-state index contributed by atoms with van der Waals surface area (Å²) in [6.45, 7) is 0.517. The van der Waals surface area contributed by atoms with Crippen molar-refractivity contribution in [1.82, 2.24) is 9.97 Å². The Bertz CT molecular complexity index is 715. The Labute approximate surface area is 120 Å². The van der Waals surface area contributed by atoms with Gasteiger partial charge in [-0.25, -0.2) is 14.4 Å². The minimum Gasteiger partial charge on any atom is -0.467 e. The normalized spacial score (nSPS) is 10.3. The van der Waals surface area contributed by atoms with Crippen LogP contribution in [-0.4, -0.2) is 9.97 Å². The molecule has 0 spiro atoms. The average Bonchev–Trinajstić information content (AvgIpc) is 3.01. The van der Waals surface area contributed by atoms with Gasteiger partial charge in [0.1, 0.15) is 29.5 Å². The summed E-state index contributed by atoms with van der Waals surface area (Å²) in [5.74, 6) is 1.61. The zero-order chi connectivity index (χ0) is 14.5. The van der Waals surface area contributed by atoms with Gasteiger partial charge in [-0.2, -0.15) is 0 Å². The Kier molecular flexibility index (Phi) is 3.77. The number of aromatic nitrogens is 2. The van der Waals surface area contributed by atoms with Crippen molar-refractivity contribution in [2.45, 2.75) is 6.54 Å². The highest BCUT2D eigenvalue weighted by atomic mass is 19.1. The van der Waals surface area contributed by atoms with E-state index in [0.29, 0.717) is 23.9 Å². The molecule has 0 fully saturated rings. The lowest BCUT2D eigenvalue weighted by Gasteiger charge is -2.08. The van der Waals surface area contributed by atoms with Gasteiger partial charge in [0.05, 0.1) is 18.5 Å². The lowest BCUT2D eigenvalue weighted by Crippen LogP contribution is -2.03. The summed E-state index contributed by atoms with van der Waals surface area (Å²) < 4.78 is 18.8. The largest absolute Gasteiger partial charge is 0.467 e. The number of para-hydroxylation sites is 1. The summed E-state index contributed by atoms with van der Waals surface area (Å²) in [6.07, 6.45) is 3.02. The fourth-order valence-electron chi connectivity index (χ4n) is 1.81. The number of rotatable bonds is 5. The van der Waals surface area contributed by atoms with Gasteiger partial charge in [-0.05, 0) is 24.3 Å². The topological polar surface area (TPSA) is 63.0 Å². The zero-order valence-corrected chi connectivity index (χ0v) is 11.1. The maximum atomic E-state index is 13.6. The number of halogens is 1. The van der Waals surface area contributed by atoms with Crippen molar-refractivity contribution in [3.63, 3.8) is 0 Å². The van der Waals surface area contributed by atoms with Crippen molar-refractivity contribution >= 4 is 17.3 Å². The first-order chi connectivity index (χ1) is 10.3. The molecule has 5 nitrogen and oxygen atoms in total. The number of anilines is 3. The molecule has 0 saturated carbocycles. The molecule has 0 bridgehead atoms. The predicted molar refractivity (Wildman–Crippen MR) is 77.7 cm³/mol. The van der Waals surface area contributed by atoms with Crippen molar-refractivity contribution in [3.8, 4) is 0 Å². The van der Waals surface area contributed by atoms with Gasteiger partial charge in [0.2, 0.25) is 0 Å². The fraction of sp³-hybridized carbons (Fsp3) is 0.0667. The molecule has 0 aliphatic rings. The third kappa shape index (κ3) is 3.36. The Morgan fingerprint density at radius 1 is 1.05 bits per heavy atom. The van der Waals surface area contributed by atoms with Crippen LogP contribution >= 0.6 is 0 Å². The monoisotopic (exact) mass is 284 g/mol. The van der Waals surface area contributed by atoms with Gasteiger partial charge in [-0.1, -0.05) is 12.1 Å². The van der Waals surface area contributed by atoms with Crippen LogP contribution in [0.3, 0.4) is 0 Å². The van der Waals surface area contributed by atoms with Gasteiger partial charge in [0, 0.05) is 6.07 Å². The predicted octanol–water partition coefficient (Wildman–Crippen LogP) is 3.56. The summed E-state index contributed by atoms with van der Waals surface area (Å²) in [5.41, 5.74) is 0.369. The van der Waals surface area contributed by atoms with Crippen LogP contribution in [0.4, 0.5) is 21.7 Å². The molecule has 0 saturated heterocycles. The van der Waals surface area contributed by atoms with E-state index in [1.807, 2.05) is 12.1 Å². The molecule has 106 valence electrons. The molecule has 2 N–H and O–H groups in total. The van der Waals surface area contributed by atoms with Crippen LogP contribution in [0.15, 0.2) is 59.5 Å². The third-order valence-electron chi connectivity index (χ3n) is 2.83. The van der Waals surface area contributed by atoms with Gasteiger partial charge in [-0.15, -0.1) is 0 Å². The van der Waals surface area contributed by atoms with E-state index in [1.54, 1.807) is 30.5 Å². The van der Waals surface area contributed by atoms with E-state index in [2.05, 4.69) is 20.6 Å². The first kappa shape index (κ1) is 13.1. The molecule has 0 aliphatic carbocycles. The van der Waals surface area contributed by atoms with Crippen molar-refractivity contribution < 1.29 is 8.81 Å². The second-order valence-electron chi connectivity index (χ2n) is 4.33. The molecule has 0 radical (unpaired) electrons. The van der Waals surface area contributed by atoms with E-state index in [9.17, 15) is 4.39 Å². The van der Waals surface area contributed by atoms with Crippen molar-refractivity contribution in [1.29, 1.82) is 0 Å². The Balaban J connectivity index is 1.70. The van der Waals surface area contributed by atoms with E-state index in [1.165, 1.54) is 12.4 Å². The third-order valence-corrected chi connectivity index (χ3v) is 2.83. The highest BCUT2D eigenvalue weighted by Gasteiger charge is 2.04. The van der Waals surface area contributed by atoms with Crippen LogP contribution in [0.25, 0.3) is 0 Å². The molecule has 2 aromatic heterocycles. The quantitative estimate of drug-likeness (QED) is 0.750. The van der Waals surface area contributed by atoms with E-state index in [-0.39, 0.29) is 5.82 Å². The molecule has 3 aromatic rings. The average molecular weight is 284 g/mol.